The van der Waals surface area contributed by atoms with E-state index < -0.39 is 0 Å². The van der Waals surface area contributed by atoms with Crippen LogP contribution in [0.2, 0.25) is 0 Å². The van der Waals surface area contributed by atoms with Crippen LogP contribution in [0.5, 0.6) is 5.75 Å². The lowest BCUT2D eigenvalue weighted by Crippen LogP contribution is -2.36. The molecule has 10 nitrogen and oxygen atoms in total. The predicted molar refractivity (Wildman–Crippen MR) is 125 cm³/mol. The van der Waals surface area contributed by atoms with Gasteiger partial charge >= 0.3 is 0 Å². The van der Waals surface area contributed by atoms with Crippen LogP contribution in [-0.4, -0.2) is 68.7 Å². The first-order valence-electron chi connectivity index (χ1n) is 11.4. The van der Waals surface area contributed by atoms with Gasteiger partial charge in [0.15, 0.2) is 5.82 Å². The minimum Gasteiger partial charge on any atom is -0.494 e. The highest BCUT2D eigenvalue weighted by molar-refractivity contribution is 5.80. The first-order valence-corrected chi connectivity index (χ1v) is 11.4. The fourth-order valence-electron chi connectivity index (χ4n) is 4.06. The van der Waals surface area contributed by atoms with Crippen molar-refractivity contribution in [2.24, 2.45) is 5.92 Å². The van der Waals surface area contributed by atoms with Gasteiger partial charge in [-0.05, 0) is 54.0 Å². The van der Waals surface area contributed by atoms with Crippen molar-refractivity contribution < 1.29 is 14.6 Å². The Morgan fingerprint density at radius 2 is 2.09 bits per heavy atom. The maximum atomic E-state index is 12.9. The SMILES string of the molecule is CCOc1ccc2[nH]c(=O)c(CN(CCCO)[C@@H](c3nnnn3CCOC)C(C)C)cc2c1. The standard InChI is InChI=1S/C23H34N6O4/c1-5-33-19-7-8-20-17(14-19)13-18(23(31)24-20)15-28(9-6-11-30)21(16(2)3)22-25-26-27-29(22)10-12-32-4/h7-8,13-14,16,21,30H,5-6,9-12,15H2,1-4H3,(H,24,31)/t21-/m1/s1. The van der Waals surface area contributed by atoms with Crippen molar-refractivity contribution in [3.05, 3.63) is 46.0 Å². The number of aromatic nitrogens is 5. The predicted octanol–water partition coefficient (Wildman–Crippen LogP) is 2.14. The average molecular weight is 459 g/mol. The third-order valence-electron chi connectivity index (χ3n) is 5.54. The van der Waals surface area contributed by atoms with Crippen LogP contribution in [0.15, 0.2) is 29.1 Å². The Kier molecular flexibility index (Phi) is 8.93. The van der Waals surface area contributed by atoms with Crippen LogP contribution in [0.25, 0.3) is 10.9 Å². The smallest absolute Gasteiger partial charge is 0.252 e. The molecule has 0 radical (unpaired) electrons. The normalized spacial score (nSPS) is 12.7. The summed E-state index contributed by atoms with van der Waals surface area (Å²) in [5.74, 6) is 1.65. The summed E-state index contributed by atoms with van der Waals surface area (Å²) in [5.41, 5.74) is 1.26. The van der Waals surface area contributed by atoms with Crippen LogP contribution < -0.4 is 10.3 Å². The molecule has 3 aromatic rings. The zero-order valence-electron chi connectivity index (χ0n) is 19.8. The van der Waals surface area contributed by atoms with Crippen molar-refractivity contribution in [1.29, 1.82) is 0 Å². The van der Waals surface area contributed by atoms with E-state index in [-0.39, 0.29) is 24.1 Å². The molecule has 2 heterocycles. The van der Waals surface area contributed by atoms with E-state index in [4.69, 9.17) is 9.47 Å². The van der Waals surface area contributed by atoms with Crippen molar-refractivity contribution in [2.45, 2.75) is 46.3 Å². The second-order valence-corrected chi connectivity index (χ2v) is 8.30. The molecule has 0 unspecified atom stereocenters. The molecule has 1 aromatic carbocycles. The molecular weight excluding hydrogens is 424 g/mol. The van der Waals surface area contributed by atoms with Gasteiger partial charge in [-0.25, -0.2) is 4.68 Å². The number of aliphatic hydroxyl groups excluding tert-OH is 1. The van der Waals surface area contributed by atoms with Gasteiger partial charge in [0.05, 0.1) is 25.8 Å². The fraction of sp³-hybridized carbons (Fsp3) is 0.565. The van der Waals surface area contributed by atoms with Crippen molar-refractivity contribution in [1.82, 2.24) is 30.1 Å². The summed E-state index contributed by atoms with van der Waals surface area (Å²) in [6, 6.07) is 7.41. The number of fused-ring (bicyclic) bond motifs is 1. The zero-order chi connectivity index (χ0) is 23.8. The molecule has 33 heavy (non-hydrogen) atoms. The van der Waals surface area contributed by atoms with E-state index in [0.29, 0.717) is 44.8 Å². The van der Waals surface area contributed by atoms with Crippen molar-refractivity contribution in [3.63, 3.8) is 0 Å². The molecule has 3 rings (SSSR count). The number of rotatable bonds is 13. The number of aliphatic hydroxyl groups is 1. The summed E-state index contributed by atoms with van der Waals surface area (Å²) in [5, 5.41) is 22.7. The number of methoxy groups -OCH3 is 1. The van der Waals surface area contributed by atoms with Crippen LogP contribution in [0.4, 0.5) is 0 Å². The van der Waals surface area contributed by atoms with E-state index in [9.17, 15) is 9.90 Å². The first kappa shape index (κ1) is 24.8. The molecule has 10 heteroatoms. The van der Waals surface area contributed by atoms with Gasteiger partial charge in [0.1, 0.15) is 5.75 Å². The molecule has 1 atom stereocenters. The minimum absolute atomic E-state index is 0.0573. The lowest BCUT2D eigenvalue weighted by atomic mass is 10.00. The van der Waals surface area contributed by atoms with Gasteiger partial charge in [0.25, 0.3) is 5.56 Å². The van der Waals surface area contributed by atoms with Crippen LogP contribution in [0.3, 0.4) is 0 Å². The summed E-state index contributed by atoms with van der Waals surface area (Å²) >= 11 is 0. The molecule has 0 aliphatic carbocycles. The van der Waals surface area contributed by atoms with Crippen LogP contribution in [0.1, 0.15) is 44.6 Å². The molecular formula is C23H34N6O4. The molecule has 0 fully saturated rings. The third kappa shape index (κ3) is 6.16. The molecule has 2 aromatic heterocycles. The second kappa shape index (κ2) is 11.9. The highest BCUT2D eigenvalue weighted by Crippen LogP contribution is 2.29. The third-order valence-corrected chi connectivity index (χ3v) is 5.54. The number of H-pyrrole nitrogens is 1. The number of hydrogen-bond acceptors (Lipinski definition) is 8. The lowest BCUT2D eigenvalue weighted by molar-refractivity contribution is 0.118. The molecule has 180 valence electrons. The quantitative estimate of drug-likeness (QED) is 0.400. The van der Waals surface area contributed by atoms with E-state index in [1.807, 2.05) is 31.2 Å². The van der Waals surface area contributed by atoms with Crippen LogP contribution >= 0.6 is 0 Å². The van der Waals surface area contributed by atoms with E-state index in [2.05, 4.69) is 39.3 Å². The summed E-state index contributed by atoms with van der Waals surface area (Å²) in [6.07, 6.45) is 0.572. The molecule has 0 aliphatic rings. The Hall–Kier alpha value is -2.82. The van der Waals surface area contributed by atoms with Crippen molar-refractivity contribution in [2.75, 3.05) is 33.5 Å². The molecule has 2 N–H and O–H groups in total. The second-order valence-electron chi connectivity index (χ2n) is 8.30. The number of nitrogens with one attached hydrogen (secondary N) is 1. The molecule has 0 saturated heterocycles. The number of hydrogen-bond donors (Lipinski definition) is 2. The molecule has 0 saturated carbocycles. The van der Waals surface area contributed by atoms with Gasteiger partial charge in [-0.15, -0.1) is 5.10 Å². The molecule has 0 spiro atoms. The maximum absolute atomic E-state index is 12.9. The average Bonchev–Trinajstić information content (AvgIpc) is 3.24. The Morgan fingerprint density at radius 3 is 2.79 bits per heavy atom. The van der Waals surface area contributed by atoms with Gasteiger partial charge in [0.2, 0.25) is 0 Å². The van der Waals surface area contributed by atoms with E-state index >= 15 is 0 Å². The Bertz CT molecular complexity index is 1080. The van der Waals surface area contributed by atoms with E-state index in [1.165, 1.54) is 0 Å². The van der Waals surface area contributed by atoms with Gasteiger partial charge in [-0.3, -0.25) is 9.69 Å². The van der Waals surface area contributed by atoms with Gasteiger partial charge < -0.3 is 19.6 Å². The van der Waals surface area contributed by atoms with Crippen LogP contribution in [-0.2, 0) is 17.8 Å². The fourth-order valence-corrected chi connectivity index (χ4v) is 4.06. The number of nitrogens with zero attached hydrogens (tertiary/aromatic N) is 5. The lowest BCUT2D eigenvalue weighted by Gasteiger charge is -2.33. The largest absolute Gasteiger partial charge is 0.494 e. The summed E-state index contributed by atoms with van der Waals surface area (Å²) in [6.45, 7) is 8.78. The molecule has 0 bridgehead atoms. The van der Waals surface area contributed by atoms with Crippen molar-refractivity contribution in [3.8, 4) is 5.75 Å². The number of pyridine rings is 1. The molecule has 0 aliphatic heterocycles. The highest BCUT2D eigenvalue weighted by Gasteiger charge is 2.29. The monoisotopic (exact) mass is 458 g/mol. The Morgan fingerprint density at radius 1 is 1.27 bits per heavy atom. The van der Waals surface area contributed by atoms with Gasteiger partial charge in [-0.2, -0.15) is 0 Å². The Balaban J connectivity index is 1.98. The highest BCUT2D eigenvalue weighted by atomic mass is 16.5. The van der Waals surface area contributed by atoms with E-state index in [0.717, 1.165) is 22.5 Å². The topological polar surface area (TPSA) is 118 Å². The van der Waals surface area contributed by atoms with E-state index in [1.54, 1.807) is 11.8 Å². The minimum atomic E-state index is -0.145. The summed E-state index contributed by atoms with van der Waals surface area (Å²) in [7, 11) is 1.64. The number of tetrazole rings is 1. The number of aromatic amines is 1. The van der Waals surface area contributed by atoms with Crippen molar-refractivity contribution >= 4 is 10.9 Å². The van der Waals surface area contributed by atoms with Gasteiger partial charge in [0, 0.05) is 43.3 Å². The summed E-state index contributed by atoms with van der Waals surface area (Å²) in [4.78, 5) is 18.1. The number of benzene rings is 1. The summed E-state index contributed by atoms with van der Waals surface area (Å²) < 4.78 is 12.6. The number of ether oxygens (including phenoxy) is 2. The zero-order valence-corrected chi connectivity index (χ0v) is 19.8. The molecule has 0 amide bonds. The van der Waals surface area contributed by atoms with Gasteiger partial charge in [-0.1, -0.05) is 13.8 Å². The maximum Gasteiger partial charge on any atom is 0.252 e. The Labute approximate surface area is 193 Å². The van der Waals surface area contributed by atoms with Crippen LogP contribution in [0, 0.1) is 5.92 Å². The first-order chi connectivity index (χ1) is 16.0.